The Morgan fingerprint density at radius 2 is 2.12 bits per heavy atom. The molecule has 140 valence electrons. The van der Waals surface area contributed by atoms with Crippen LogP contribution in [0.4, 0.5) is 0 Å². The molecule has 2 heterocycles. The second kappa shape index (κ2) is 10.4. The van der Waals surface area contributed by atoms with Crippen molar-refractivity contribution in [1.82, 2.24) is 19.7 Å². The molecule has 0 spiro atoms. The fraction of sp³-hybridized carbons (Fsp3) is 0.471. The van der Waals surface area contributed by atoms with Gasteiger partial charge in [-0.3, -0.25) is 4.99 Å². The lowest BCUT2D eigenvalue weighted by molar-refractivity contribution is 0.299. The highest BCUT2D eigenvalue weighted by Crippen LogP contribution is 2.22. The summed E-state index contributed by atoms with van der Waals surface area (Å²) in [6.45, 7) is 1.55. The zero-order chi connectivity index (χ0) is 17.7. The largest absolute Gasteiger partial charge is 0.354 e. The first kappa shape index (κ1) is 22.3. The molecule has 2 rings (SSSR count). The van der Waals surface area contributed by atoms with Crippen molar-refractivity contribution < 1.29 is 0 Å². The summed E-state index contributed by atoms with van der Waals surface area (Å²) in [7, 11) is 10.1. The quantitative estimate of drug-likeness (QED) is 0.377. The number of likely N-dealkylation sites (N-methyl/N-ethyl adjacent to an activating group) is 1. The van der Waals surface area contributed by atoms with Crippen molar-refractivity contribution >= 4 is 52.9 Å². The number of hydrogen-bond acceptors (Lipinski definition) is 3. The number of aryl methyl sites for hydroxylation is 1. The number of halogens is 2. The van der Waals surface area contributed by atoms with Gasteiger partial charge >= 0.3 is 0 Å². The molecule has 5 nitrogen and oxygen atoms in total. The van der Waals surface area contributed by atoms with E-state index in [1.807, 2.05) is 38.0 Å². The number of nitrogens with one attached hydrogen (secondary N) is 1. The third-order valence-corrected chi connectivity index (χ3v) is 5.18. The molecule has 0 amide bonds. The van der Waals surface area contributed by atoms with E-state index in [1.165, 1.54) is 4.88 Å². The van der Waals surface area contributed by atoms with E-state index in [2.05, 4.69) is 51.7 Å². The highest BCUT2D eigenvalue weighted by molar-refractivity contribution is 14.0. The van der Waals surface area contributed by atoms with Crippen LogP contribution in [0, 0.1) is 0 Å². The maximum absolute atomic E-state index is 6.07. The standard InChI is InChI=1S/C17H26ClN5S.HI/c1-19-17(23(5)12-14-9-13(18)11-22(14)4)20-10-15(21(2)3)16-7-6-8-24-16;/h6-9,11,15H,10,12H2,1-5H3,(H,19,20);1H. The van der Waals surface area contributed by atoms with Crippen LogP contribution in [-0.4, -0.2) is 55.1 Å². The summed E-state index contributed by atoms with van der Waals surface area (Å²) in [6.07, 6.45) is 1.92. The number of nitrogens with zero attached hydrogens (tertiary/aromatic N) is 4. The highest BCUT2D eigenvalue weighted by Gasteiger charge is 2.17. The first-order chi connectivity index (χ1) is 11.4. The van der Waals surface area contributed by atoms with Crippen molar-refractivity contribution in [1.29, 1.82) is 0 Å². The van der Waals surface area contributed by atoms with Gasteiger partial charge in [0.2, 0.25) is 0 Å². The van der Waals surface area contributed by atoms with Crippen molar-refractivity contribution in [2.24, 2.45) is 12.0 Å². The van der Waals surface area contributed by atoms with Gasteiger partial charge in [0.05, 0.1) is 17.6 Å². The van der Waals surface area contributed by atoms with Gasteiger partial charge in [-0.15, -0.1) is 35.3 Å². The number of hydrogen-bond donors (Lipinski definition) is 1. The summed E-state index contributed by atoms with van der Waals surface area (Å²) in [5.74, 6) is 0.871. The van der Waals surface area contributed by atoms with E-state index in [9.17, 15) is 0 Å². The smallest absolute Gasteiger partial charge is 0.193 e. The van der Waals surface area contributed by atoms with Gasteiger partial charge in [-0.05, 0) is 31.6 Å². The first-order valence-corrected chi connectivity index (χ1v) is 9.10. The van der Waals surface area contributed by atoms with Crippen molar-refractivity contribution in [3.8, 4) is 0 Å². The molecule has 0 radical (unpaired) electrons. The van der Waals surface area contributed by atoms with Gasteiger partial charge in [0.25, 0.3) is 0 Å². The zero-order valence-corrected chi connectivity index (χ0v) is 19.3. The van der Waals surface area contributed by atoms with Gasteiger partial charge < -0.3 is 19.7 Å². The van der Waals surface area contributed by atoms with Crippen LogP contribution < -0.4 is 5.32 Å². The lowest BCUT2D eigenvalue weighted by Crippen LogP contribution is -2.42. The van der Waals surface area contributed by atoms with E-state index in [1.54, 1.807) is 11.3 Å². The normalized spacial score (nSPS) is 12.8. The molecular formula is C17H27ClIN5S. The topological polar surface area (TPSA) is 35.8 Å². The van der Waals surface area contributed by atoms with Crippen molar-refractivity contribution in [2.45, 2.75) is 12.6 Å². The number of aromatic nitrogens is 1. The minimum atomic E-state index is 0. The van der Waals surface area contributed by atoms with E-state index in [0.29, 0.717) is 6.04 Å². The fourth-order valence-electron chi connectivity index (χ4n) is 2.63. The van der Waals surface area contributed by atoms with Crippen molar-refractivity contribution in [3.05, 3.63) is 45.4 Å². The minimum absolute atomic E-state index is 0. The molecule has 0 aliphatic rings. The second-order valence-electron chi connectivity index (χ2n) is 6.04. The van der Waals surface area contributed by atoms with Crippen LogP contribution in [0.2, 0.25) is 5.02 Å². The van der Waals surface area contributed by atoms with Crippen LogP contribution >= 0.6 is 46.9 Å². The van der Waals surface area contributed by atoms with E-state index in [-0.39, 0.29) is 24.0 Å². The Hall–Kier alpha value is -0.770. The summed E-state index contributed by atoms with van der Waals surface area (Å²) in [4.78, 5) is 10.1. The minimum Gasteiger partial charge on any atom is -0.354 e. The van der Waals surface area contributed by atoms with Crippen LogP contribution in [0.25, 0.3) is 0 Å². The number of aliphatic imine (C=N–C) groups is 1. The molecule has 0 saturated carbocycles. The maximum Gasteiger partial charge on any atom is 0.193 e. The lowest BCUT2D eigenvalue weighted by Gasteiger charge is -2.27. The molecule has 1 N–H and O–H groups in total. The summed E-state index contributed by atoms with van der Waals surface area (Å²) >= 11 is 7.85. The Labute approximate surface area is 176 Å². The first-order valence-electron chi connectivity index (χ1n) is 7.84. The summed E-state index contributed by atoms with van der Waals surface area (Å²) in [6, 6.07) is 6.57. The Bertz CT molecular complexity index is 669. The highest BCUT2D eigenvalue weighted by atomic mass is 127. The van der Waals surface area contributed by atoms with E-state index < -0.39 is 0 Å². The average Bonchev–Trinajstić information content (AvgIpc) is 3.13. The molecule has 8 heteroatoms. The third-order valence-electron chi connectivity index (χ3n) is 4.00. The molecule has 0 aliphatic heterocycles. The van der Waals surface area contributed by atoms with Gasteiger partial charge in [-0.1, -0.05) is 17.7 Å². The molecule has 25 heavy (non-hydrogen) atoms. The second-order valence-corrected chi connectivity index (χ2v) is 7.46. The molecule has 0 fully saturated rings. The van der Waals surface area contributed by atoms with Gasteiger partial charge in [0, 0.05) is 44.5 Å². The molecule has 1 unspecified atom stereocenters. The van der Waals surface area contributed by atoms with E-state index in [0.717, 1.165) is 29.8 Å². The molecule has 0 aromatic carbocycles. The number of thiophene rings is 1. The zero-order valence-electron chi connectivity index (χ0n) is 15.4. The summed E-state index contributed by atoms with van der Waals surface area (Å²) in [5.41, 5.74) is 1.15. The van der Waals surface area contributed by atoms with Crippen molar-refractivity contribution in [2.75, 3.05) is 34.7 Å². The monoisotopic (exact) mass is 495 g/mol. The molecule has 0 bridgehead atoms. The molecule has 1 atom stereocenters. The molecular weight excluding hydrogens is 469 g/mol. The van der Waals surface area contributed by atoms with Gasteiger partial charge in [-0.25, -0.2) is 0 Å². The molecule has 2 aromatic rings. The Balaban J connectivity index is 0.00000312. The van der Waals surface area contributed by atoms with Gasteiger partial charge in [-0.2, -0.15) is 0 Å². The van der Waals surface area contributed by atoms with E-state index >= 15 is 0 Å². The molecule has 0 aliphatic carbocycles. The predicted octanol–water partition coefficient (Wildman–Crippen LogP) is 3.67. The Morgan fingerprint density at radius 1 is 1.40 bits per heavy atom. The van der Waals surface area contributed by atoms with Crippen LogP contribution in [0.5, 0.6) is 0 Å². The number of guanidine groups is 1. The van der Waals surface area contributed by atoms with Gasteiger partial charge in [0.1, 0.15) is 0 Å². The Morgan fingerprint density at radius 3 is 2.60 bits per heavy atom. The average molecular weight is 496 g/mol. The fourth-order valence-corrected chi connectivity index (χ4v) is 3.83. The SMILES string of the molecule is CN=C(NCC(c1cccs1)N(C)C)N(C)Cc1cc(Cl)cn1C.I. The third kappa shape index (κ3) is 6.16. The van der Waals surface area contributed by atoms with Crippen LogP contribution in [0.3, 0.4) is 0 Å². The lowest BCUT2D eigenvalue weighted by atomic mass is 10.2. The van der Waals surface area contributed by atoms with Crippen LogP contribution in [0.1, 0.15) is 16.6 Å². The Kier molecular flexibility index (Phi) is 9.26. The van der Waals surface area contributed by atoms with E-state index in [4.69, 9.17) is 11.6 Å². The predicted molar refractivity (Wildman–Crippen MR) is 119 cm³/mol. The molecule has 0 saturated heterocycles. The van der Waals surface area contributed by atoms with Crippen LogP contribution in [-0.2, 0) is 13.6 Å². The van der Waals surface area contributed by atoms with Crippen molar-refractivity contribution in [3.63, 3.8) is 0 Å². The maximum atomic E-state index is 6.07. The van der Waals surface area contributed by atoms with Crippen LogP contribution in [0.15, 0.2) is 34.8 Å². The summed E-state index contributed by atoms with van der Waals surface area (Å²) in [5, 5.41) is 6.36. The molecule has 2 aromatic heterocycles. The number of rotatable bonds is 6. The van der Waals surface area contributed by atoms with Gasteiger partial charge in [0.15, 0.2) is 5.96 Å². The summed E-state index contributed by atoms with van der Waals surface area (Å²) < 4.78 is 2.04.